The summed E-state index contributed by atoms with van der Waals surface area (Å²) in [4.78, 5) is 16.2. The molecule has 0 heterocycles. The third-order valence-corrected chi connectivity index (χ3v) is 5.93. The van der Waals surface area contributed by atoms with Gasteiger partial charge in [-0.15, -0.1) is 0 Å². The number of isothiocyanates is 1. The van der Waals surface area contributed by atoms with Crippen LogP contribution in [0.5, 0.6) is 0 Å². The van der Waals surface area contributed by atoms with Gasteiger partial charge in [0.2, 0.25) is 0 Å². The molecule has 0 saturated heterocycles. The first-order chi connectivity index (χ1) is 9.68. The summed E-state index contributed by atoms with van der Waals surface area (Å²) in [5.41, 5.74) is -1.82. The minimum atomic E-state index is -1.27. The number of thiocarbonyl (C=S) groups is 1. The molecule has 0 aromatic heterocycles. The molecule has 21 heavy (non-hydrogen) atoms. The van der Waals surface area contributed by atoms with Crippen LogP contribution in [0.4, 0.5) is 0 Å². The molecule has 2 saturated carbocycles. The lowest BCUT2D eigenvalue weighted by Crippen LogP contribution is -2.61. The van der Waals surface area contributed by atoms with E-state index >= 15 is 0 Å². The van der Waals surface area contributed by atoms with Crippen LogP contribution in [-0.2, 0) is 4.79 Å². The summed E-state index contributed by atoms with van der Waals surface area (Å²) in [5.74, 6) is -0.639. The van der Waals surface area contributed by atoms with E-state index in [4.69, 9.17) is 12.2 Å². The lowest BCUT2D eigenvalue weighted by molar-refractivity contribution is -0.172. The monoisotopic (exact) mass is 311 g/mol. The Morgan fingerprint density at radius 3 is 2.57 bits per heavy atom. The number of aliphatic hydroxyl groups excluding tert-OH is 1. The molecular weight excluding hydrogens is 286 g/mol. The van der Waals surface area contributed by atoms with Crippen LogP contribution < -0.4 is 0 Å². The Kier molecular flexibility index (Phi) is 4.42. The van der Waals surface area contributed by atoms with E-state index in [0.29, 0.717) is 6.42 Å². The van der Waals surface area contributed by atoms with E-state index in [0.717, 1.165) is 12.8 Å². The Bertz CT molecular complexity index is 488. The van der Waals surface area contributed by atoms with Crippen molar-refractivity contribution in [3.8, 4) is 0 Å². The Balaban J connectivity index is 2.52. The number of hydrogen-bond acceptors (Lipinski definition) is 5. The van der Waals surface area contributed by atoms with Crippen LogP contribution in [0.1, 0.15) is 47.0 Å². The van der Waals surface area contributed by atoms with Crippen molar-refractivity contribution in [2.45, 2.75) is 64.2 Å². The number of rotatable bonds is 3. The van der Waals surface area contributed by atoms with Crippen molar-refractivity contribution < 1.29 is 15.0 Å². The van der Waals surface area contributed by atoms with Crippen LogP contribution >= 0.6 is 12.2 Å². The lowest BCUT2D eigenvalue weighted by Gasteiger charge is -2.52. The third kappa shape index (κ3) is 2.40. The van der Waals surface area contributed by atoms with E-state index < -0.39 is 23.2 Å². The van der Waals surface area contributed by atoms with Crippen molar-refractivity contribution in [3.63, 3.8) is 0 Å². The SMILES string of the molecule is CC(=O)[C@@H]1C[C@@H]2[C@](O)([C@@H]1O)[C@H](C(C)C)CC[C@]2(C)N=C=S. The fraction of sp³-hybridized carbons (Fsp3) is 0.875. The highest BCUT2D eigenvalue weighted by molar-refractivity contribution is 7.78. The van der Waals surface area contributed by atoms with Gasteiger partial charge in [-0.3, -0.25) is 4.79 Å². The van der Waals surface area contributed by atoms with E-state index in [-0.39, 0.29) is 23.5 Å². The van der Waals surface area contributed by atoms with Gasteiger partial charge in [0.15, 0.2) is 0 Å². The number of carbonyl (C=O) groups excluding carboxylic acids is 1. The van der Waals surface area contributed by atoms with Gasteiger partial charge in [0.1, 0.15) is 5.78 Å². The zero-order valence-corrected chi connectivity index (χ0v) is 14.0. The van der Waals surface area contributed by atoms with Gasteiger partial charge in [0.25, 0.3) is 0 Å². The van der Waals surface area contributed by atoms with Crippen LogP contribution in [-0.4, -0.2) is 38.4 Å². The van der Waals surface area contributed by atoms with Gasteiger partial charge in [-0.2, -0.15) is 0 Å². The van der Waals surface area contributed by atoms with E-state index in [9.17, 15) is 15.0 Å². The molecule has 0 unspecified atom stereocenters. The maximum Gasteiger partial charge on any atom is 0.135 e. The maximum absolute atomic E-state index is 11.8. The number of carbonyl (C=O) groups is 1. The van der Waals surface area contributed by atoms with Gasteiger partial charge < -0.3 is 10.2 Å². The number of hydrogen-bond donors (Lipinski definition) is 2. The number of nitrogens with zero attached hydrogens (tertiary/aromatic N) is 1. The van der Waals surface area contributed by atoms with Gasteiger partial charge >= 0.3 is 0 Å². The molecule has 2 aliphatic carbocycles. The number of Topliss-reactive ketones (excluding diaryl/α,β-unsaturated/α-hetero) is 1. The van der Waals surface area contributed by atoms with Crippen LogP contribution in [0, 0.1) is 23.7 Å². The molecule has 0 aromatic rings. The first-order valence-electron chi connectivity index (χ1n) is 7.68. The summed E-state index contributed by atoms with van der Waals surface area (Å²) < 4.78 is 0. The molecule has 4 nitrogen and oxygen atoms in total. The van der Waals surface area contributed by atoms with Gasteiger partial charge in [-0.25, -0.2) is 4.99 Å². The first kappa shape index (κ1) is 16.8. The normalized spacial score (nSPS) is 46.0. The topological polar surface area (TPSA) is 69.9 Å². The van der Waals surface area contributed by atoms with Gasteiger partial charge in [-0.05, 0) is 57.2 Å². The van der Waals surface area contributed by atoms with Crippen LogP contribution in [0.2, 0.25) is 0 Å². The van der Waals surface area contributed by atoms with E-state index in [2.05, 4.69) is 24.0 Å². The summed E-state index contributed by atoms with van der Waals surface area (Å²) in [5, 5.41) is 24.5. The van der Waals surface area contributed by atoms with Crippen molar-refractivity contribution in [2.75, 3.05) is 0 Å². The second-order valence-electron chi connectivity index (χ2n) is 7.29. The number of fused-ring (bicyclic) bond motifs is 1. The summed E-state index contributed by atoms with van der Waals surface area (Å²) in [6, 6.07) is 0. The van der Waals surface area contributed by atoms with Crippen molar-refractivity contribution >= 4 is 23.2 Å². The molecule has 2 aliphatic rings. The molecule has 2 fully saturated rings. The minimum absolute atomic E-state index is 0.0322. The highest BCUT2D eigenvalue weighted by atomic mass is 32.1. The van der Waals surface area contributed by atoms with E-state index in [1.165, 1.54) is 6.92 Å². The average Bonchev–Trinajstić information content (AvgIpc) is 2.64. The summed E-state index contributed by atoms with van der Waals surface area (Å²) >= 11 is 4.76. The Labute approximate surface area is 131 Å². The number of ketones is 1. The van der Waals surface area contributed by atoms with Crippen molar-refractivity contribution in [3.05, 3.63) is 0 Å². The van der Waals surface area contributed by atoms with Gasteiger partial charge in [0.05, 0.1) is 22.4 Å². The quantitative estimate of drug-likeness (QED) is 0.619. The van der Waals surface area contributed by atoms with Crippen LogP contribution in [0.3, 0.4) is 0 Å². The van der Waals surface area contributed by atoms with Crippen LogP contribution in [0.25, 0.3) is 0 Å². The summed E-state index contributed by atoms with van der Waals surface area (Å²) in [6.07, 6.45) is 1.01. The van der Waals surface area contributed by atoms with Crippen molar-refractivity contribution in [1.29, 1.82) is 0 Å². The standard InChI is InChI=1S/C16H25NO3S/c1-9(2)12-5-6-15(4,17-8-21)13-7-11(10(3)18)14(19)16(12,13)20/h9,11-14,19-20H,5-7H2,1-4H3/t11-,12-,13-,14+,15-,16-/m0/s1. The molecule has 0 radical (unpaired) electrons. The Morgan fingerprint density at radius 1 is 1.48 bits per heavy atom. The number of aliphatic imine (C=N–C) groups is 1. The molecule has 2 N–H and O–H groups in total. The van der Waals surface area contributed by atoms with Crippen molar-refractivity contribution in [1.82, 2.24) is 0 Å². The molecule has 0 bridgehead atoms. The summed E-state index contributed by atoms with van der Waals surface area (Å²) in [6.45, 7) is 7.55. The number of aliphatic hydroxyl groups is 2. The predicted molar refractivity (Wildman–Crippen MR) is 84.2 cm³/mol. The third-order valence-electron chi connectivity index (χ3n) is 5.84. The predicted octanol–water partition coefficient (Wildman–Crippen LogP) is 2.23. The first-order valence-corrected chi connectivity index (χ1v) is 8.09. The van der Waals surface area contributed by atoms with E-state index in [1.54, 1.807) is 0 Å². The largest absolute Gasteiger partial charge is 0.389 e. The molecule has 0 aromatic carbocycles. The zero-order chi connectivity index (χ0) is 16.0. The molecule has 6 atom stereocenters. The average molecular weight is 311 g/mol. The molecule has 118 valence electrons. The van der Waals surface area contributed by atoms with Crippen molar-refractivity contribution in [2.24, 2.45) is 28.7 Å². The zero-order valence-electron chi connectivity index (χ0n) is 13.2. The molecule has 0 spiro atoms. The fourth-order valence-electron chi connectivity index (χ4n) is 4.68. The highest BCUT2D eigenvalue weighted by Gasteiger charge is 2.66. The Morgan fingerprint density at radius 2 is 2.10 bits per heavy atom. The molecule has 2 rings (SSSR count). The highest BCUT2D eigenvalue weighted by Crippen LogP contribution is 2.57. The molecule has 0 amide bonds. The molecular formula is C16H25NO3S. The lowest BCUT2D eigenvalue weighted by atomic mass is 9.59. The second kappa shape index (κ2) is 5.54. The van der Waals surface area contributed by atoms with E-state index in [1.807, 2.05) is 6.92 Å². The van der Waals surface area contributed by atoms with Gasteiger partial charge in [0, 0.05) is 11.8 Å². The smallest absolute Gasteiger partial charge is 0.135 e. The van der Waals surface area contributed by atoms with Crippen LogP contribution in [0.15, 0.2) is 4.99 Å². The molecule has 5 heteroatoms. The minimum Gasteiger partial charge on any atom is -0.389 e. The maximum atomic E-state index is 11.8. The second-order valence-corrected chi connectivity index (χ2v) is 7.47. The summed E-state index contributed by atoms with van der Waals surface area (Å²) in [7, 11) is 0. The molecule has 0 aliphatic heterocycles. The fourth-order valence-corrected chi connectivity index (χ4v) is 4.89. The Hall–Kier alpha value is -0.610. The van der Waals surface area contributed by atoms with Gasteiger partial charge in [-0.1, -0.05) is 13.8 Å².